The van der Waals surface area contributed by atoms with Crippen LogP contribution in [0.5, 0.6) is 0 Å². The van der Waals surface area contributed by atoms with Crippen LogP contribution in [0, 0.1) is 82.9 Å². The van der Waals surface area contributed by atoms with Gasteiger partial charge in [-0.25, -0.2) is 43.9 Å². The molecule has 0 bridgehead atoms. The van der Waals surface area contributed by atoms with Crippen LogP contribution in [0.2, 0.25) is 0 Å². The Balaban J connectivity index is 0.000000467. The Morgan fingerprint density at radius 3 is 0.727 bits per heavy atom. The van der Waals surface area contributed by atoms with Crippen molar-refractivity contribution in [3.63, 3.8) is 0 Å². The van der Waals surface area contributed by atoms with Gasteiger partial charge < -0.3 is 71.1 Å². The monoisotopic (exact) mass is 1850 g/mol. The zero-order valence-corrected chi connectivity index (χ0v) is 82.7. The lowest BCUT2D eigenvalue weighted by Crippen LogP contribution is -2.55. The number of azide groups is 4. The minimum atomic E-state index is -2.57. The fourth-order valence-corrected chi connectivity index (χ4v) is 17.2. The number of alkyl halides is 10. The number of epoxide rings is 1. The van der Waals surface area contributed by atoms with Crippen molar-refractivity contribution >= 4 is 0 Å². The summed E-state index contributed by atoms with van der Waals surface area (Å²) in [6.45, 7) is 42.9. The zero-order chi connectivity index (χ0) is 98.4. The minimum absolute atomic E-state index is 0.0648. The SMILES string of the molecule is C=C1C(C)CC1OC.C=C1C(C)CC1OC.COC1C(F)C(C)C1F.COC1C(F)C(C)C1F.COC1CC(C)C1(C)F.COC1CC(C)C1(C)F.COC1CC(C)C1(C)N=[N+]=[N-].COC1CC(C)C1(C)N=[N+]=[N-].COC1CC(C)C1(F)F.COC1CC(C)C12CO2.COC1CC(C)C1F.COC1CC(C)C1F.COC1CC(C)C1N=[N+]=[N-].COC1CC(C)C1N=[N+]=[N-]. The van der Waals surface area contributed by atoms with E-state index in [4.69, 9.17) is 79.0 Å². The molecule has 0 radical (unpaired) electrons. The molecule has 1 spiro atoms. The number of methoxy groups -OCH3 is 14. The Hall–Kier alpha value is -4.58. The summed E-state index contributed by atoms with van der Waals surface area (Å²) in [4.78, 5) is 11.1. The third kappa shape index (κ3) is 30.0. The molecule has 0 amide bonds. The van der Waals surface area contributed by atoms with E-state index >= 15 is 0 Å². The topological polar surface area (TPSA) is 337 Å². The van der Waals surface area contributed by atoms with E-state index in [0.29, 0.717) is 60.2 Å². The Bertz CT molecular complexity index is 3170. The van der Waals surface area contributed by atoms with Gasteiger partial charge in [0.05, 0.1) is 96.9 Å². The third-order valence-corrected chi connectivity index (χ3v) is 30.4. The molecular formula is C91H162F10N12O15. The highest BCUT2D eigenvalue weighted by Gasteiger charge is 2.64. The van der Waals surface area contributed by atoms with Gasteiger partial charge in [0, 0.05) is 137 Å². The maximum Gasteiger partial charge on any atom is 0.276 e. The largest absolute Gasteiger partial charge is 0.381 e. The first-order valence-electron chi connectivity index (χ1n) is 45.0. The van der Waals surface area contributed by atoms with Gasteiger partial charge >= 0.3 is 0 Å². The molecule has 15 fully saturated rings. The molecule has 27 nitrogen and oxygen atoms in total. The maximum atomic E-state index is 13.1. The van der Waals surface area contributed by atoms with Gasteiger partial charge in [0.15, 0.2) is 0 Å². The van der Waals surface area contributed by atoms with Crippen molar-refractivity contribution in [1.82, 2.24) is 0 Å². The van der Waals surface area contributed by atoms with Crippen molar-refractivity contribution < 1.29 is 115 Å². The van der Waals surface area contributed by atoms with Gasteiger partial charge in [-0.15, -0.1) is 0 Å². The molecule has 128 heavy (non-hydrogen) atoms. The minimum Gasteiger partial charge on any atom is -0.381 e. The van der Waals surface area contributed by atoms with Crippen LogP contribution < -0.4 is 0 Å². The first-order chi connectivity index (χ1) is 59.8. The molecule has 0 aromatic rings. The van der Waals surface area contributed by atoms with E-state index in [1.807, 2.05) is 41.5 Å². The van der Waals surface area contributed by atoms with Gasteiger partial charge in [0.25, 0.3) is 5.92 Å². The molecule has 14 saturated carbocycles. The Morgan fingerprint density at radius 1 is 0.320 bits per heavy atom. The lowest BCUT2D eigenvalue weighted by molar-refractivity contribution is -0.227. The van der Waals surface area contributed by atoms with E-state index in [-0.39, 0.29) is 101 Å². The molecule has 15 rings (SSSR count). The van der Waals surface area contributed by atoms with Crippen LogP contribution in [-0.2, 0) is 71.1 Å². The van der Waals surface area contributed by atoms with E-state index in [1.54, 1.807) is 106 Å². The van der Waals surface area contributed by atoms with Gasteiger partial charge in [0.2, 0.25) is 0 Å². The van der Waals surface area contributed by atoms with E-state index in [0.717, 1.165) is 76.7 Å². The molecular weight excluding hydrogens is 1690 g/mol. The molecule has 37 atom stereocenters. The smallest absolute Gasteiger partial charge is 0.276 e. The van der Waals surface area contributed by atoms with Gasteiger partial charge in [-0.05, 0) is 189 Å². The Morgan fingerprint density at radius 2 is 0.602 bits per heavy atom. The molecule has 1 saturated heterocycles. The highest BCUT2D eigenvalue weighted by Crippen LogP contribution is 2.53. The molecule has 0 aromatic carbocycles. The fraction of sp³-hybridized carbons (Fsp3) is 0.956. The van der Waals surface area contributed by atoms with Crippen molar-refractivity contribution in [2.24, 2.45) is 103 Å². The zero-order valence-electron chi connectivity index (χ0n) is 82.7. The first kappa shape index (κ1) is 119. The summed E-state index contributed by atoms with van der Waals surface area (Å²) in [7, 11) is 22.1. The van der Waals surface area contributed by atoms with Crippen LogP contribution in [0.3, 0.4) is 0 Å². The van der Waals surface area contributed by atoms with Gasteiger partial charge in [-0.3, -0.25) is 0 Å². The van der Waals surface area contributed by atoms with Crippen LogP contribution >= 0.6 is 0 Å². The second-order valence-corrected chi connectivity index (χ2v) is 38.2. The lowest BCUT2D eigenvalue weighted by Gasteiger charge is -2.48. The second-order valence-electron chi connectivity index (χ2n) is 38.2. The van der Waals surface area contributed by atoms with E-state index in [1.165, 1.54) is 45.8 Å². The molecule has 37 unspecified atom stereocenters. The molecule has 1 aliphatic heterocycles. The molecule has 0 aromatic heterocycles. The van der Waals surface area contributed by atoms with Crippen molar-refractivity contribution in [2.45, 2.75) is 370 Å². The van der Waals surface area contributed by atoms with Crippen molar-refractivity contribution in [1.29, 1.82) is 0 Å². The van der Waals surface area contributed by atoms with Crippen molar-refractivity contribution in [3.05, 3.63) is 66.1 Å². The van der Waals surface area contributed by atoms with Gasteiger partial charge in [-0.1, -0.05) is 144 Å². The number of ether oxygens (including phenoxy) is 15. The number of hydrogen-bond donors (Lipinski definition) is 0. The highest BCUT2D eigenvalue weighted by atomic mass is 19.3. The average Bonchev–Trinajstić information content (AvgIpc) is 1.56. The van der Waals surface area contributed by atoms with Gasteiger partial charge in [-0.2, -0.15) is 0 Å². The summed E-state index contributed by atoms with van der Waals surface area (Å²) in [6, 6.07) is 0.130. The van der Waals surface area contributed by atoms with Crippen LogP contribution in [0.1, 0.15) is 202 Å². The standard InChI is InChI=1S/2C7H13FO.2C7H13N3O.C7H12O2.2C7H12O.3C6H10F2O.2C6H11FO.2C6H11N3O/c2*1-5-4-6(9-3)7(5,2)8;2*1-5-4-6(11-3)7(5,2)9-10-8;1-5-3-6(8-2)7(5)4-9-7;2*1-5-4-7(8-3)6(5)2;1-4-3-5(9-2)6(4,7)8;2*1-3-4(7)6(9-2)5(3)8;2*1-4-3-5(8-2)6(4)7;2*1-4-3-5(10-2)6(4)8-9-7/h2*5-6H,4H2,1-3H3;2*5-6H,4H2,1-3H3;5-6H,3-4H2,1-2H3;2*5,7H,2,4H2,1,3H3;4-5H,3H2,1-2H3;2*3-6H,1-2H3;2*4-6H,3H2,1-2H3;2*4-6H,3H2,1-2H3. The molecule has 746 valence electrons. The van der Waals surface area contributed by atoms with E-state index < -0.39 is 90.4 Å². The summed E-state index contributed by atoms with van der Waals surface area (Å²) in [5.41, 5.74) is 32.8. The summed E-state index contributed by atoms with van der Waals surface area (Å²) in [6.07, 6.45) is 4.35. The molecule has 0 N–H and O–H groups in total. The van der Waals surface area contributed by atoms with Crippen molar-refractivity contribution in [3.8, 4) is 0 Å². The fourth-order valence-electron chi connectivity index (χ4n) is 17.2. The normalized spacial score (nSPS) is 44.6. The Kier molecular flexibility index (Phi) is 51.2. The number of hydrogen-bond acceptors (Lipinski definition) is 19. The number of halogens is 10. The van der Waals surface area contributed by atoms with E-state index in [9.17, 15) is 43.9 Å². The second kappa shape index (κ2) is 54.8. The van der Waals surface area contributed by atoms with Crippen LogP contribution in [0.4, 0.5) is 43.9 Å². The number of nitrogens with zero attached hydrogens (tertiary/aromatic N) is 12. The van der Waals surface area contributed by atoms with Crippen molar-refractivity contribution in [2.75, 3.05) is 106 Å². The predicted octanol–water partition coefficient (Wildman–Crippen LogP) is 22.3. The average molecular weight is 1850 g/mol. The summed E-state index contributed by atoms with van der Waals surface area (Å²) in [5.74, 6) is 0.710. The first-order valence-corrected chi connectivity index (χ1v) is 45.0. The quantitative estimate of drug-likeness (QED) is 0.0307. The summed E-state index contributed by atoms with van der Waals surface area (Å²) >= 11 is 0. The van der Waals surface area contributed by atoms with E-state index in [2.05, 4.69) is 116 Å². The van der Waals surface area contributed by atoms with Crippen LogP contribution in [0.15, 0.2) is 44.8 Å². The molecule has 1 heterocycles. The Labute approximate surface area is 757 Å². The summed E-state index contributed by atoms with van der Waals surface area (Å²) in [5, 5.41) is 14.7. The molecule has 15 aliphatic rings. The van der Waals surface area contributed by atoms with Crippen LogP contribution in [0.25, 0.3) is 41.8 Å². The van der Waals surface area contributed by atoms with Crippen LogP contribution in [-0.4, -0.2) is 275 Å². The lowest BCUT2D eigenvalue weighted by atomic mass is 9.67. The third-order valence-electron chi connectivity index (χ3n) is 30.4. The molecule has 37 heteroatoms. The maximum absolute atomic E-state index is 13.1. The predicted molar refractivity (Wildman–Crippen MR) is 476 cm³/mol. The highest BCUT2D eigenvalue weighted by molar-refractivity contribution is 5.18. The molecule has 14 aliphatic carbocycles. The number of rotatable bonds is 18. The van der Waals surface area contributed by atoms with Gasteiger partial charge in [0.1, 0.15) is 72.3 Å². The summed E-state index contributed by atoms with van der Waals surface area (Å²) < 4.78 is 200.